The molecule has 0 bridgehead atoms. The topological polar surface area (TPSA) is 22.4 Å². The molecule has 2 aliphatic rings. The van der Waals surface area contributed by atoms with E-state index in [-0.39, 0.29) is 0 Å². The van der Waals surface area contributed by atoms with Gasteiger partial charge in [-0.3, -0.25) is 0 Å². The molecule has 0 unspecified atom stereocenters. The highest BCUT2D eigenvalue weighted by Gasteiger charge is 2.47. The van der Waals surface area contributed by atoms with Crippen molar-refractivity contribution in [3.05, 3.63) is 229 Å². The molecular formula is C57H34O2. The SMILES string of the molecule is c1ccc(C2(c3ccccc3)c3cc4ccccc4cc3-c3c(-c4ccc5oc6ccccc6c5c4)cc(-c4ccc5c6c(cccc46)-c4ccccc4O5)cc32)cc1. The summed E-state index contributed by atoms with van der Waals surface area (Å²) in [6.45, 7) is 0. The molecule has 13 rings (SSSR count). The minimum absolute atomic E-state index is 0.608. The lowest BCUT2D eigenvalue weighted by Gasteiger charge is -2.34. The van der Waals surface area contributed by atoms with Crippen molar-refractivity contribution in [2.75, 3.05) is 0 Å². The molecule has 2 heteroatoms. The van der Waals surface area contributed by atoms with Crippen LogP contribution in [0.25, 0.3) is 88.0 Å². The van der Waals surface area contributed by atoms with E-state index < -0.39 is 5.41 Å². The maximum absolute atomic E-state index is 6.60. The van der Waals surface area contributed by atoms with Gasteiger partial charge in [0.25, 0.3) is 0 Å². The van der Waals surface area contributed by atoms with E-state index in [1.54, 1.807) is 0 Å². The lowest BCUT2D eigenvalue weighted by atomic mass is 9.67. The Kier molecular flexibility index (Phi) is 6.68. The molecule has 0 N–H and O–H groups in total. The summed E-state index contributed by atoms with van der Waals surface area (Å²) in [5, 5.41) is 7.00. The third kappa shape index (κ3) is 4.51. The molecule has 1 aromatic heterocycles. The smallest absolute Gasteiger partial charge is 0.135 e. The van der Waals surface area contributed by atoms with E-state index in [1.165, 1.54) is 66.2 Å². The monoisotopic (exact) mass is 750 g/mol. The van der Waals surface area contributed by atoms with Gasteiger partial charge in [0.2, 0.25) is 0 Å². The van der Waals surface area contributed by atoms with Gasteiger partial charge in [0, 0.05) is 21.7 Å². The van der Waals surface area contributed by atoms with Crippen LogP contribution in [0.1, 0.15) is 22.3 Å². The molecule has 0 spiro atoms. The Morgan fingerprint density at radius 1 is 0.339 bits per heavy atom. The molecule has 0 saturated heterocycles. The molecule has 2 nitrogen and oxygen atoms in total. The van der Waals surface area contributed by atoms with Crippen molar-refractivity contribution >= 4 is 43.5 Å². The van der Waals surface area contributed by atoms with Crippen molar-refractivity contribution in [1.82, 2.24) is 0 Å². The van der Waals surface area contributed by atoms with Gasteiger partial charge in [0.1, 0.15) is 22.7 Å². The largest absolute Gasteiger partial charge is 0.456 e. The van der Waals surface area contributed by atoms with Gasteiger partial charge in [-0.15, -0.1) is 0 Å². The second-order valence-electron chi connectivity index (χ2n) is 15.9. The lowest BCUT2D eigenvalue weighted by Crippen LogP contribution is -2.28. The first kappa shape index (κ1) is 32.4. The lowest BCUT2D eigenvalue weighted by molar-refractivity contribution is 0.487. The fourth-order valence-corrected chi connectivity index (χ4v) is 10.4. The predicted molar refractivity (Wildman–Crippen MR) is 242 cm³/mol. The molecule has 0 radical (unpaired) electrons. The number of rotatable bonds is 4. The minimum atomic E-state index is -0.608. The molecule has 1 aliphatic carbocycles. The van der Waals surface area contributed by atoms with Gasteiger partial charge in [-0.05, 0) is 132 Å². The van der Waals surface area contributed by atoms with E-state index in [0.717, 1.165) is 55.5 Å². The number of furan rings is 1. The van der Waals surface area contributed by atoms with Crippen LogP contribution in [0.3, 0.4) is 0 Å². The first-order valence-corrected chi connectivity index (χ1v) is 20.3. The highest BCUT2D eigenvalue weighted by Crippen LogP contribution is 2.60. The van der Waals surface area contributed by atoms with Crippen LogP contribution in [-0.2, 0) is 5.41 Å². The Morgan fingerprint density at radius 2 is 1.02 bits per heavy atom. The number of fused-ring (bicyclic) bond motifs is 9. The summed E-state index contributed by atoms with van der Waals surface area (Å²) in [7, 11) is 0. The molecule has 0 fully saturated rings. The minimum Gasteiger partial charge on any atom is -0.456 e. The highest BCUT2D eigenvalue weighted by molar-refractivity contribution is 6.12. The van der Waals surface area contributed by atoms with Crippen molar-refractivity contribution < 1.29 is 9.15 Å². The van der Waals surface area contributed by atoms with Crippen LogP contribution in [0.2, 0.25) is 0 Å². The van der Waals surface area contributed by atoms with E-state index in [4.69, 9.17) is 9.15 Å². The first-order chi connectivity index (χ1) is 29.2. The van der Waals surface area contributed by atoms with Gasteiger partial charge in [0.15, 0.2) is 0 Å². The van der Waals surface area contributed by atoms with Crippen LogP contribution >= 0.6 is 0 Å². The number of benzene rings is 10. The van der Waals surface area contributed by atoms with Crippen molar-refractivity contribution in [3.8, 4) is 56.0 Å². The fraction of sp³-hybridized carbons (Fsp3) is 0.0175. The summed E-state index contributed by atoms with van der Waals surface area (Å²) < 4.78 is 13.0. The normalized spacial score (nSPS) is 13.4. The van der Waals surface area contributed by atoms with Crippen molar-refractivity contribution in [2.24, 2.45) is 0 Å². The highest BCUT2D eigenvalue weighted by atomic mass is 16.5. The van der Waals surface area contributed by atoms with Crippen LogP contribution < -0.4 is 4.74 Å². The summed E-state index contributed by atoms with van der Waals surface area (Å²) in [6, 6.07) is 75.4. The number of hydrogen-bond acceptors (Lipinski definition) is 2. The Hall–Kier alpha value is -7.68. The van der Waals surface area contributed by atoms with Gasteiger partial charge >= 0.3 is 0 Å². The summed E-state index contributed by atoms with van der Waals surface area (Å²) >= 11 is 0. The van der Waals surface area contributed by atoms with Crippen molar-refractivity contribution in [1.29, 1.82) is 0 Å². The van der Waals surface area contributed by atoms with Gasteiger partial charge in [-0.2, -0.15) is 0 Å². The van der Waals surface area contributed by atoms with Crippen LogP contribution in [0.5, 0.6) is 11.5 Å². The zero-order valence-electron chi connectivity index (χ0n) is 31.9. The molecule has 0 amide bonds. The zero-order valence-corrected chi connectivity index (χ0v) is 31.9. The van der Waals surface area contributed by atoms with Crippen molar-refractivity contribution in [3.63, 3.8) is 0 Å². The molecule has 274 valence electrons. The molecular weight excluding hydrogens is 717 g/mol. The third-order valence-electron chi connectivity index (χ3n) is 12.9. The van der Waals surface area contributed by atoms with Crippen LogP contribution in [0.4, 0.5) is 0 Å². The molecule has 1 aliphatic heterocycles. The third-order valence-corrected chi connectivity index (χ3v) is 12.9. The van der Waals surface area contributed by atoms with E-state index in [0.29, 0.717) is 0 Å². The molecule has 2 heterocycles. The average molecular weight is 751 g/mol. The van der Waals surface area contributed by atoms with Gasteiger partial charge in [0.05, 0.1) is 5.41 Å². The Balaban J connectivity index is 1.19. The van der Waals surface area contributed by atoms with Gasteiger partial charge in [-0.25, -0.2) is 0 Å². The number of para-hydroxylation sites is 2. The summed E-state index contributed by atoms with van der Waals surface area (Å²) in [5.41, 5.74) is 15.7. The summed E-state index contributed by atoms with van der Waals surface area (Å²) in [5.74, 6) is 1.78. The number of hydrogen-bond donors (Lipinski definition) is 0. The average Bonchev–Trinajstić information content (AvgIpc) is 3.81. The molecule has 11 aromatic rings. The van der Waals surface area contributed by atoms with E-state index in [1.807, 2.05) is 12.1 Å². The first-order valence-electron chi connectivity index (χ1n) is 20.3. The van der Waals surface area contributed by atoms with Crippen LogP contribution in [0.15, 0.2) is 211 Å². The Bertz CT molecular complexity index is 3480. The van der Waals surface area contributed by atoms with E-state index >= 15 is 0 Å². The second-order valence-corrected chi connectivity index (χ2v) is 15.9. The van der Waals surface area contributed by atoms with Crippen LogP contribution in [-0.4, -0.2) is 0 Å². The molecule has 59 heavy (non-hydrogen) atoms. The van der Waals surface area contributed by atoms with E-state index in [2.05, 4.69) is 194 Å². The predicted octanol–water partition coefficient (Wildman–Crippen LogP) is 15.4. The Morgan fingerprint density at radius 3 is 1.85 bits per heavy atom. The maximum atomic E-state index is 6.60. The number of ether oxygens (including phenoxy) is 1. The summed E-state index contributed by atoms with van der Waals surface area (Å²) in [6.07, 6.45) is 0. The summed E-state index contributed by atoms with van der Waals surface area (Å²) in [4.78, 5) is 0. The quantitative estimate of drug-likeness (QED) is 0.179. The second kappa shape index (κ2) is 12.2. The zero-order chi connectivity index (χ0) is 38.7. The molecule has 0 saturated carbocycles. The van der Waals surface area contributed by atoms with Gasteiger partial charge in [-0.1, -0.05) is 152 Å². The molecule has 0 atom stereocenters. The fourth-order valence-electron chi connectivity index (χ4n) is 10.4. The van der Waals surface area contributed by atoms with Crippen LogP contribution in [0, 0.1) is 0 Å². The Labute approximate surface area is 341 Å². The standard InChI is InChI=1S/C57H34O2/c1-3-16-39(17-4-1)57(40-18-5-2-6-19-40)49-33-36-15-8-7-14-35(36)30-48(49)55-46(37-26-28-53-47(31-37)43-21-10-12-25-52(43)58-53)32-38(34-50(55)57)41-27-29-54-56-44(41)22-13-23-45(56)42-20-9-11-24-51(42)59-54/h1-34H. The maximum Gasteiger partial charge on any atom is 0.135 e. The van der Waals surface area contributed by atoms with Gasteiger partial charge < -0.3 is 9.15 Å². The molecule has 10 aromatic carbocycles. The van der Waals surface area contributed by atoms with E-state index in [9.17, 15) is 0 Å². The van der Waals surface area contributed by atoms with Crippen molar-refractivity contribution in [2.45, 2.75) is 5.41 Å².